The van der Waals surface area contributed by atoms with Crippen molar-refractivity contribution in [3.8, 4) is 0 Å². The molecule has 2 atom stereocenters. The average molecular weight is 165 g/mol. The van der Waals surface area contributed by atoms with E-state index in [1.807, 2.05) is 0 Å². The van der Waals surface area contributed by atoms with Gasteiger partial charge in [-0.15, -0.1) is 0 Å². The number of nitrogens with one attached hydrogen (secondary N) is 1. The van der Waals surface area contributed by atoms with Crippen LogP contribution in [0, 0.1) is 0 Å². The summed E-state index contributed by atoms with van der Waals surface area (Å²) in [5.74, 6) is 0. The number of thiol groups is 1. The summed E-state index contributed by atoms with van der Waals surface area (Å²) < 4.78 is 12.5. The minimum Gasteiger partial charge on any atom is -0.389 e. The summed E-state index contributed by atoms with van der Waals surface area (Å²) in [6, 6.07) is -0.133. The molecule has 4 nitrogen and oxygen atoms in total. The molecule has 0 spiro atoms. The van der Waals surface area contributed by atoms with Gasteiger partial charge in [-0.2, -0.15) is 0 Å². The van der Waals surface area contributed by atoms with E-state index in [1.165, 1.54) is 0 Å². The molecular weight excluding hydrogens is 154 g/mol. The Morgan fingerprint density at radius 2 is 2.10 bits per heavy atom. The summed E-state index contributed by atoms with van der Waals surface area (Å²) in [6.45, 7) is 0.992. The van der Waals surface area contributed by atoms with Crippen molar-refractivity contribution in [3.05, 3.63) is 0 Å². The van der Waals surface area contributed by atoms with Gasteiger partial charge in [0.25, 0.3) is 0 Å². The molecule has 10 heavy (non-hydrogen) atoms. The molecule has 0 saturated carbocycles. The van der Waals surface area contributed by atoms with Crippen LogP contribution in [0.4, 0.5) is 0 Å². The Labute approximate surface area is 65.1 Å². The largest absolute Gasteiger partial charge is 0.389 e. The van der Waals surface area contributed by atoms with Crippen LogP contribution in [0.25, 0.3) is 0 Å². The van der Waals surface area contributed by atoms with Crippen molar-refractivity contribution in [3.63, 3.8) is 0 Å². The predicted molar refractivity (Wildman–Crippen MR) is 38.7 cm³/mol. The van der Waals surface area contributed by atoms with E-state index >= 15 is 0 Å². The third-order valence-corrected chi connectivity index (χ3v) is 1.71. The van der Waals surface area contributed by atoms with E-state index in [0.717, 1.165) is 0 Å². The number of hydrogen-bond donors (Lipinski definition) is 3. The number of hydrogen-bond acceptors (Lipinski definition) is 5. The summed E-state index contributed by atoms with van der Waals surface area (Å²) in [6.07, 6.45) is -0.528. The number of aliphatic hydroxyl groups is 1. The molecule has 1 heterocycles. The van der Waals surface area contributed by atoms with Crippen molar-refractivity contribution in [1.29, 1.82) is 0 Å². The molecule has 0 aromatic carbocycles. The normalized spacial score (nSPS) is 35.4. The first kappa shape index (κ1) is 8.29. The first-order chi connectivity index (χ1) is 4.84. The Morgan fingerprint density at radius 1 is 1.40 bits per heavy atom. The average Bonchev–Trinajstić information content (AvgIpc) is 2.13. The molecule has 1 aliphatic rings. The molecule has 1 rings (SSSR count). The van der Waals surface area contributed by atoms with Crippen LogP contribution in [-0.2, 0) is 9.47 Å². The van der Waals surface area contributed by atoms with Gasteiger partial charge >= 0.3 is 0 Å². The van der Waals surface area contributed by atoms with Crippen molar-refractivity contribution in [2.75, 3.05) is 20.0 Å². The molecule has 0 amide bonds. The fourth-order valence-corrected chi connectivity index (χ4v) is 1.00. The highest BCUT2D eigenvalue weighted by molar-refractivity contribution is 7.78. The second-order valence-electron chi connectivity index (χ2n) is 2.16. The standard InChI is InChI=1S/C5H11NO3S/c7-5-2-9-3-8-1-4(5)6-10/h4-7,10H,1-3H2/t4-,5+/m0/s1. The van der Waals surface area contributed by atoms with E-state index in [1.54, 1.807) is 0 Å². The number of rotatable bonds is 1. The highest BCUT2D eigenvalue weighted by Gasteiger charge is 2.20. The van der Waals surface area contributed by atoms with Crippen LogP contribution in [0.1, 0.15) is 0 Å². The van der Waals surface area contributed by atoms with Crippen LogP contribution in [-0.4, -0.2) is 37.3 Å². The molecule has 0 aliphatic carbocycles. The van der Waals surface area contributed by atoms with E-state index in [2.05, 4.69) is 17.5 Å². The minimum absolute atomic E-state index is 0.133. The van der Waals surface area contributed by atoms with Gasteiger partial charge in [-0.1, -0.05) is 12.8 Å². The van der Waals surface area contributed by atoms with Crippen molar-refractivity contribution >= 4 is 12.8 Å². The second kappa shape index (κ2) is 4.15. The molecule has 5 heteroatoms. The van der Waals surface area contributed by atoms with Crippen molar-refractivity contribution < 1.29 is 14.6 Å². The fraction of sp³-hybridized carbons (Fsp3) is 1.00. The van der Waals surface area contributed by atoms with Crippen molar-refractivity contribution in [1.82, 2.24) is 4.72 Å². The topological polar surface area (TPSA) is 50.7 Å². The Kier molecular flexibility index (Phi) is 3.44. The molecule has 1 aliphatic heterocycles. The van der Waals surface area contributed by atoms with Gasteiger partial charge in [0.15, 0.2) is 0 Å². The smallest absolute Gasteiger partial charge is 0.146 e. The van der Waals surface area contributed by atoms with Gasteiger partial charge in [0, 0.05) is 0 Å². The first-order valence-electron chi connectivity index (χ1n) is 3.08. The lowest BCUT2D eigenvalue weighted by atomic mass is 10.2. The summed E-state index contributed by atoms with van der Waals surface area (Å²) >= 11 is 3.83. The molecule has 0 aromatic heterocycles. The van der Waals surface area contributed by atoms with E-state index < -0.39 is 6.10 Å². The van der Waals surface area contributed by atoms with E-state index in [-0.39, 0.29) is 12.8 Å². The lowest BCUT2D eigenvalue weighted by Crippen LogP contribution is -2.39. The van der Waals surface area contributed by atoms with Crippen molar-refractivity contribution in [2.45, 2.75) is 12.1 Å². The summed E-state index contributed by atoms with van der Waals surface area (Å²) in [4.78, 5) is 0. The number of aliphatic hydroxyl groups excluding tert-OH is 1. The third-order valence-electron chi connectivity index (χ3n) is 1.38. The van der Waals surface area contributed by atoms with Crippen LogP contribution in [0.15, 0.2) is 0 Å². The van der Waals surface area contributed by atoms with Gasteiger partial charge in [0.2, 0.25) is 0 Å². The Hall–Kier alpha value is 0.190. The zero-order valence-corrected chi connectivity index (χ0v) is 6.38. The van der Waals surface area contributed by atoms with Crippen LogP contribution in [0.3, 0.4) is 0 Å². The monoisotopic (exact) mass is 165 g/mol. The van der Waals surface area contributed by atoms with Crippen LogP contribution < -0.4 is 4.72 Å². The second-order valence-corrected chi connectivity index (χ2v) is 2.42. The third kappa shape index (κ3) is 2.10. The van der Waals surface area contributed by atoms with Crippen LogP contribution in [0.5, 0.6) is 0 Å². The summed E-state index contributed by atoms with van der Waals surface area (Å²) in [7, 11) is 0. The quantitative estimate of drug-likeness (QED) is 0.443. The minimum atomic E-state index is -0.528. The lowest BCUT2D eigenvalue weighted by Gasteiger charge is -2.16. The zero-order chi connectivity index (χ0) is 7.40. The lowest BCUT2D eigenvalue weighted by molar-refractivity contribution is -0.0421. The van der Waals surface area contributed by atoms with Gasteiger partial charge in [-0.25, -0.2) is 0 Å². The molecule has 1 fully saturated rings. The molecule has 60 valence electrons. The SMILES string of the molecule is O[C@@H]1COCOC[C@@H]1NS. The van der Waals surface area contributed by atoms with Gasteiger partial charge in [-0.3, -0.25) is 4.72 Å². The van der Waals surface area contributed by atoms with Crippen LogP contribution in [0.2, 0.25) is 0 Å². The highest BCUT2D eigenvalue weighted by Crippen LogP contribution is 2.01. The molecule has 0 unspecified atom stereocenters. The highest BCUT2D eigenvalue weighted by atomic mass is 32.1. The molecule has 0 bridgehead atoms. The summed E-state index contributed by atoms with van der Waals surface area (Å²) in [5.41, 5.74) is 0. The van der Waals surface area contributed by atoms with Gasteiger partial charge in [0.05, 0.1) is 25.4 Å². The first-order valence-corrected chi connectivity index (χ1v) is 3.52. The van der Waals surface area contributed by atoms with Crippen molar-refractivity contribution in [2.24, 2.45) is 0 Å². The maximum absolute atomic E-state index is 9.23. The Morgan fingerprint density at radius 3 is 2.80 bits per heavy atom. The van der Waals surface area contributed by atoms with Gasteiger partial charge in [0.1, 0.15) is 6.79 Å². The van der Waals surface area contributed by atoms with E-state index in [4.69, 9.17) is 9.47 Å². The summed E-state index contributed by atoms with van der Waals surface area (Å²) in [5, 5.41) is 9.23. The Balaban J connectivity index is 2.35. The zero-order valence-electron chi connectivity index (χ0n) is 5.49. The predicted octanol–water partition coefficient (Wildman–Crippen LogP) is -0.845. The van der Waals surface area contributed by atoms with Crippen LogP contribution >= 0.6 is 12.8 Å². The van der Waals surface area contributed by atoms with E-state index in [0.29, 0.717) is 13.2 Å². The molecule has 1 saturated heterocycles. The van der Waals surface area contributed by atoms with Gasteiger partial charge < -0.3 is 14.6 Å². The maximum Gasteiger partial charge on any atom is 0.146 e. The maximum atomic E-state index is 9.23. The molecule has 2 N–H and O–H groups in total. The fourth-order valence-electron chi connectivity index (χ4n) is 0.753. The molecule has 0 radical (unpaired) electrons. The molecule has 0 aromatic rings. The van der Waals surface area contributed by atoms with E-state index in [9.17, 15) is 5.11 Å². The molecular formula is C5H11NO3S. The van der Waals surface area contributed by atoms with Gasteiger partial charge in [-0.05, 0) is 0 Å². The Bertz CT molecular complexity index is 103. The number of ether oxygens (including phenoxy) is 2.